The minimum Gasteiger partial charge on any atom is -0.377 e. The third-order valence-corrected chi connectivity index (χ3v) is 4.82. The Morgan fingerprint density at radius 3 is 2.95 bits per heavy atom. The monoisotopic (exact) mass is 289 g/mol. The van der Waals surface area contributed by atoms with Crippen LogP contribution in [-0.4, -0.2) is 5.75 Å². The van der Waals surface area contributed by atoms with E-state index in [4.69, 9.17) is 11.6 Å². The fourth-order valence-electron chi connectivity index (χ4n) is 2.44. The molecule has 0 spiro atoms. The molecule has 0 amide bonds. The summed E-state index contributed by atoms with van der Waals surface area (Å²) in [4.78, 5) is 0. The van der Waals surface area contributed by atoms with Crippen LogP contribution in [0.4, 0.5) is 5.69 Å². The van der Waals surface area contributed by atoms with Crippen molar-refractivity contribution in [2.75, 3.05) is 11.1 Å². The number of aryl methyl sites for hydroxylation is 1. The fraction of sp³-hybridized carbons (Fsp3) is 0.250. The maximum absolute atomic E-state index is 6.09. The number of thioether (sulfide) groups is 1. The average Bonchev–Trinajstić information content (AvgIpc) is 2.43. The lowest BCUT2D eigenvalue weighted by Gasteiger charge is -2.27. The number of fused-ring (bicyclic) bond motifs is 1. The molecule has 19 heavy (non-hydrogen) atoms. The average molecular weight is 290 g/mol. The first-order chi connectivity index (χ1) is 9.24. The lowest BCUT2D eigenvalue weighted by molar-refractivity contribution is 0.869. The minimum absolute atomic E-state index is 0.368. The molecular weight excluding hydrogens is 274 g/mol. The molecule has 1 aliphatic heterocycles. The molecule has 1 heterocycles. The molecule has 0 saturated heterocycles. The number of hydrogen-bond acceptors (Lipinski definition) is 2. The number of hydrogen-bond donors (Lipinski definition) is 1. The van der Waals surface area contributed by atoms with Crippen molar-refractivity contribution in [2.45, 2.75) is 18.7 Å². The first-order valence-electron chi connectivity index (χ1n) is 6.42. The highest BCUT2D eigenvalue weighted by molar-refractivity contribution is 7.98. The summed E-state index contributed by atoms with van der Waals surface area (Å²) in [5.74, 6) is 2.21. The van der Waals surface area contributed by atoms with E-state index in [0.29, 0.717) is 6.04 Å². The molecule has 0 fully saturated rings. The standard InChI is InChI=1S/C16H16ClNS/c1-11-6-7-13(17)8-15(11)18-16-10-19-9-12-4-2-3-5-14(12)16/h2-8,16,18H,9-10H2,1H3. The summed E-state index contributed by atoms with van der Waals surface area (Å²) in [6.45, 7) is 2.11. The number of nitrogens with one attached hydrogen (secondary N) is 1. The van der Waals surface area contributed by atoms with E-state index in [1.165, 1.54) is 16.7 Å². The molecule has 0 radical (unpaired) electrons. The summed E-state index contributed by atoms with van der Waals surface area (Å²) in [6, 6.07) is 15.1. The molecule has 0 aromatic heterocycles. The van der Waals surface area contributed by atoms with E-state index < -0.39 is 0 Å². The zero-order valence-electron chi connectivity index (χ0n) is 10.8. The topological polar surface area (TPSA) is 12.0 Å². The van der Waals surface area contributed by atoms with Crippen LogP contribution in [0.5, 0.6) is 0 Å². The van der Waals surface area contributed by atoms with Crippen molar-refractivity contribution in [2.24, 2.45) is 0 Å². The van der Waals surface area contributed by atoms with Crippen molar-refractivity contribution < 1.29 is 0 Å². The maximum Gasteiger partial charge on any atom is 0.0607 e. The second kappa shape index (κ2) is 5.48. The molecule has 3 heteroatoms. The summed E-state index contributed by atoms with van der Waals surface area (Å²) in [5, 5.41) is 4.42. The Labute approximate surface area is 123 Å². The Kier molecular flexibility index (Phi) is 3.72. The first-order valence-corrected chi connectivity index (χ1v) is 7.95. The van der Waals surface area contributed by atoms with Crippen LogP contribution in [0.15, 0.2) is 42.5 Å². The van der Waals surface area contributed by atoms with E-state index >= 15 is 0 Å². The van der Waals surface area contributed by atoms with E-state index in [2.05, 4.69) is 42.6 Å². The molecular formula is C16H16ClNS. The highest BCUT2D eigenvalue weighted by Gasteiger charge is 2.20. The highest BCUT2D eigenvalue weighted by atomic mass is 35.5. The Hall–Kier alpha value is -1.12. The molecule has 1 N–H and O–H groups in total. The highest BCUT2D eigenvalue weighted by Crippen LogP contribution is 2.34. The van der Waals surface area contributed by atoms with Crippen LogP contribution < -0.4 is 5.32 Å². The summed E-state index contributed by atoms with van der Waals surface area (Å²) in [5.41, 5.74) is 5.23. The molecule has 1 atom stereocenters. The van der Waals surface area contributed by atoms with E-state index in [0.717, 1.165) is 22.2 Å². The van der Waals surface area contributed by atoms with Gasteiger partial charge >= 0.3 is 0 Å². The third-order valence-electron chi connectivity index (χ3n) is 3.50. The SMILES string of the molecule is Cc1ccc(Cl)cc1NC1CSCc2ccccc21. The first kappa shape index (κ1) is 12.9. The van der Waals surface area contributed by atoms with Crippen LogP contribution in [0.25, 0.3) is 0 Å². The Bertz CT molecular complexity index is 597. The van der Waals surface area contributed by atoms with Gasteiger partial charge in [0, 0.05) is 22.2 Å². The van der Waals surface area contributed by atoms with Crippen LogP contribution in [0, 0.1) is 6.92 Å². The predicted molar refractivity (Wildman–Crippen MR) is 85.2 cm³/mol. The molecule has 98 valence electrons. The quantitative estimate of drug-likeness (QED) is 0.830. The van der Waals surface area contributed by atoms with Gasteiger partial charge in [-0.3, -0.25) is 0 Å². The maximum atomic E-state index is 6.09. The van der Waals surface area contributed by atoms with E-state index in [1.54, 1.807) is 0 Å². The van der Waals surface area contributed by atoms with Crippen LogP contribution in [0.1, 0.15) is 22.7 Å². The second-order valence-corrected chi connectivity index (χ2v) is 6.34. The Morgan fingerprint density at radius 1 is 1.21 bits per heavy atom. The summed E-state index contributed by atoms with van der Waals surface area (Å²) in [7, 11) is 0. The molecule has 0 bridgehead atoms. The molecule has 1 aliphatic rings. The van der Waals surface area contributed by atoms with Gasteiger partial charge in [-0.25, -0.2) is 0 Å². The van der Waals surface area contributed by atoms with Crippen molar-refractivity contribution in [3.05, 3.63) is 64.2 Å². The molecule has 2 aromatic rings. The van der Waals surface area contributed by atoms with Crippen LogP contribution in [-0.2, 0) is 5.75 Å². The van der Waals surface area contributed by atoms with Gasteiger partial charge in [0.05, 0.1) is 6.04 Å². The van der Waals surface area contributed by atoms with Crippen molar-refractivity contribution >= 4 is 29.1 Å². The smallest absolute Gasteiger partial charge is 0.0607 e. The zero-order chi connectivity index (χ0) is 13.2. The van der Waals surface area contributed by atoms with Gasteiger partial charge in [0.2, 0.25) is 0 Å². The molecule has 0 saturated carbocycles. The number of anilines is 1. The van der Waals surface area contributed by atoms with Crippen LogP contribution in [0.2, 0.25) is 5.02 Å². The zero-order valence-corrected chi connectivity index (χ0v) is 12.4. The lowest BCUT2D eigenvalue weighted by Crippen LogP contribution is -2.19. The van der Waals surface area contributed by atoms with E-state index in [9.17, 15) is 0 Å². The van der Waals surface area contributed by atoms with Gasteiger partial charge in [0.1, 0.15) is 0 Å². The summed E-state index contributed by atoms with van der Waals surface area (Å²) >= 11 is 8.07. The lowest BCUT2D eigenvalue weighted by atomic mass is 10.0. The van der Waals surface area contributed by atoms with Crippen LogP contribution in [0.3, 0.4) is 0 Å². The fourth-order valence-corrected chi connectivity index (χ4v) is 3.71. The van der Waals surface area contributed by atoms with Gasteiger partial charge in [-0.05, 0) is 35.7 Å². The van der Waals surface area contributed by atoms with Gasteiger partial charge in [0.15, 0.2) is 0 Å². The minimum atomic E-state index is 0.368. The van der Waals surface area contributed by atoms with Gasteiger partial charge in [-0.2, -0.15) is 11.8 Å². The van der Waals surface area contributed by atoms with Gasteiger partial charge in [-0.1, -0.05) is 41.9 Å². The predicted octanol–water partition coefficient (Wildman–Crippen LogP) is 5.05. The second-order valence-electron chi connectivity index (χ2n) is 4.87. The van der Waals surface area contributed by atoms with Crippen molar-refractivity contribution in [3.63, 3.8) is 0 Å². The summed E-state index contributed by atoms with van der Waals surface area (Å²) < 4.78 is 0. The molecule has 1 unspecified atom stereocenters. The number of benzene rings is 2. The summed E-state index contributed by atoms with van der Waals surface area (Å²) in [6.07, 6.45) is 0. The third kappa shape index (κ3) is 2.75. The number of halogens is 1. The largest absolute Gasteiger partial charge is 0.377 e. The number of rotatable bonds is 2. The van der Waals surface area contributed by atoms with Crippen LogP contribution >= 0.6 is 23.4 Å². The van der Waals surface area contributed by atoms with Crippen molar-refractivity contribution in [1.29, 1.82) is 0 Å². The normalized spacial score (nSPS) is 17.9. The van der Waals surface area contributed by atoms with E-state index in [1.807, 2.05) is 23.9 Å². The van der Waals surface area contributed by atoms with Gasteiger partial charge in [-0.15, -0.1) is 0 Å². The van der Waals surface area contributed by atoms with Crippen molar-refractivity contribution in [3.8, 4) is 0 Å². The molecule has 1 nitrogen and oxygen atoms in total. The van der Waals surface area contributed by atoms with Gasteiger partial charge in [0.25, 0.3) is 0 Å². The Morgan fingerprint density at radius 2 is 2.05 bits per heavy atom. The molecule has 2 aromatic carbocycles. The van der Waals surface area contributed by atoms with E-state index in [-0.39, 0.29) is 0 Å². The van der Waals surface area contributed by atoms with Crippen molar-refractivity contribution in [1.82, 2.24) is 0 Å². The molecule has 3 rings (SSSR count). The van der Waals surface area contributed by atoms with Gasteiger partial charge < -0.3 is 5.32 Å². The Balaban J connectivity index is 1.90. The molecule has 0 aliphatic carbocycles.